The van der Waals surface area contributed by atoms with E-state index in [4.69, 9.17) is 0 Å². The summed E-state index contributed by atoms with van der Waals surface area (Å²) in [7, 11) is -2.31. The van der Waals surface area contributed by atoms with E-state index in [0.717, 1.165) is 0 Å². The van der Waals surface area contributed by atoms with E-state index < -0.39 is 22.0 Å². The Labute approximate surface area is 169 Å². The SMILES string of the molecule is CNS(=O)(=O)c1cccc2c(NC(=O)C(C)NC(=O)c3ccccc3)cccc12. The first-order valence-electron chi connectivity index (χ1n) is 8.95. The molecule has 0 aliphatic carbocycles. The molecule has 0 aliphatic rings. The summed E-state index contributed by atoms with van der Waals surface area (Å²) in [4.78, 5) is 25.0. The van der Waals surface area contributed by atoms with Crippen molar-refractivity contribution in [2.24, 2.45) is 0 Å². The van der Waals surface area contributed by atoms with Crippen LogP contribution in [0.4, 0.5) is 5.69 Å². The second-order valence-corrected chi connectivity index (χ2v) is 8.27. The third-order valence-corrected chi connectivity index (χ3v) is 5.95. The van der Waals surface area contributed by atoms with Crippen molar-refractivity contribution >= 4 is 38.3 Å². The van der Waals surface area contributed by atoms with Crippen LogP contribution in [0.3, 0.4) is 0 Å². The van der Waals surface area contributed by atoms with Crippen LogP contribution in [0.25, 0.3) is 10.8 Å². The molecule has 0 radical (unpaired) electrons. The van der Waals surface area contributed by atoms with Crippen LogP contribution in [0, 0.1) is 0 Å². The summed E-state index contributed by atoms with van der Waals surface area (Å²) in [6.07, 6.45) is 0. The number of benzene rings is 3. The highest BCUT2D eigenvalue weighted by Gasteiger charge is 2.19. The molecular formula is C21H21N3O4S. The monoisotopic (exact) mass is 411 g/mol. The normalized spacial score (nSPS) is 12.3. The van der Waals surface area contributed by atoms with Gasteiger partial charge in [-0.3, -0.25) is 9.59 Å². The molecule has 1 unspecified atom stereocenters. The van der Waals surface area contributed by atoms with Crippen LogP contribution >= 0.6 is 0 Å². The predicted molar refractivity (Wildman–Crippen MR) is 112 cm³/mol. The topological polar surface area (TPSA) is 104 Å². The van der Waals surface area contributed by atoms with Gasteiger partial charge in [-0.05, 0) is 38.2 Å². The van der Waals surface area contributed by atoms with Crippen LogP contribution in [0.2, 0.25) is 0 Å². The summed E-state index contributed by atoms with van der Waals surface area (Å²) >= 11 is 0. The zero-order valence-corrected chi connectivity index (χ0v) is 16.8. The molecule has 0 saturated carbocycles. The van der Waals surface area contributed by atoms with Gasteiger partial charge in [-0.1, -0.05) is 42.5 Å². The number of hydrogen-bond acceptors (Lipinski definition) is 4. The first-order valence-corrected chi connectivity index (χ1v) is 10.4. The molecule has 29 heavy (non-hydrogen) atoms. The van der Waals surface area contributed by atoms with Crippen LogP contribution in [0.15, 0.2) is 71.6 Å². The molecule has 0 bridgehead atoms. The molecule has 150 valence electrons. The van der Waals surface area contributed by atoms with Gasteiger partial charge in [0.05, 0.1) is 4.90 Å². The van der Waals surface area contributed by atoms with Gasteiger partial charge in [-0.15, -0.1) is 0 Å². The maximum Gasteiger partial charge on any atom is 0.251 e. The fraction of sp³-hybridized carbons (Fsp3) is 0.143. The number of sulfonamides is 1. The standard InChI is InChI=1S/C21H21N3O4S/c1-14(23-21(26)15-8-4-3-5-9-15)20(25)24-18-12-6-11-17-16(18)10-7-13-19(17)29(27,28)22-2/h3-14,22H,1-2H3,(H,23,26)(H,24,25). The molecule has 8 heteroatoms. The quantitative estimate of drug-likeness (QED) is 0.580. The van der Waals surface area contributed by atoms with E-state index in [1.165, 1.54) is 13.1 Å². The van der Waals surface area contributed by atoms with Gasteiger partial charge >= 0.3 is 0 Å². The van der Waals surface area contributed by atoms with E-state index in [2.05, 4.69) is 15.4 Å². The lowest BCUT2D eigenvalue weighted by atomic mass is 10.1. The van der Waals surface area contributed by atoms with Crippen molar-refractivity contribution in [3.8, 4) is 0 Å². The first-order chi connectivity index (χ1) is 13.8. The molecule has 0 spiro atoms. The number of rotatable bonds is 6. The molecule has 7 nitrogen and oxygen atoms in total. The third kappa shape index (κ3) is 4.44. The van der Waals surface area contributed by atoms with E-state index in [0.29, 0.717) is 22.0 Å². The molecule has 3 N–H and O–H groups in total. The van der Waals surface area contributed by atoms with E-state index in [-0.39, 0.29) is 10.8 Å². The van der Waals surface area contributed by atoms with Crippen LogP contribution in [0.5, 0.6) is 0 Å². The number of anilines is 1. The lowest BCUT2D eigenvalue weighted by molar-refractivity contribution is -0.117. The summed E-state index contributed by atoms with van der Waals surface area (Å²) in [5.74, 6) is -0.766. The van der Waals surface area contributed by atoms with E-state index in [1.54, 1.807) is 67.6 Å². The summed E-state index contributed by atoms with van der Waals surface area (Å²) in [6, 6.07) is 17.7. The largest absolute Gasteiger partial charge is 0.341 e. The number of fused-ring (bicyclic) bond motifs is 1. The zero-order valence-electron chi connectivity index (χ0n) is 16.0. The first kappa shape index (κ1) is 20.5. The minimum atomic E-state index is -3.65. The molecule has 0 saturated heterocycles. The van der Waals surface area contributed by atoms with Gasteiger partial charge < -0.3 is 10.6 Å². The third-order valence-electron chi connectivity index (χ3n) is 4.48. The molecule has 2 amide bonds. The molecule has 3 rings (SSSR count). The summed E-state index contributed by atoms with van der Waals surface area (Å²) in [6.45, 7) is 1.58. The van der Waals surface area contributed by atoms with Crippen molar-refractivity contribution in [3.05, 3.63) is 72.3 Å². The van der Waals surface area contributed by atoms with Gasteiger partial charge in [-0.25, -0.2) is 13.1 Å². The Morgan fingerprint density at radius 1 is 0.862 bits per heavy atom. The number of hydrogen-bond donors (Lipinski definition) is 3. The fourth-order valence-electron chi connectivity index (χ4n) is 2.91. The Balaban J connectivity index is 1.84. The van der Waals surface area contributed by atoms with Crippen LogP contribution in [0.1, 0.15) is 17.3 Å². The van der Waals surface area contributed by atoms with Gasteiger partial charge in [0.25, 0.3) is 5.91 Å². The molecular weight excluding hydrogens is 390 g/mol. The van der Waals surface area contributed by atoms with Gasteiger partial charge in [0.15, 0.2) is 0 Å². The van der Waals surface area contributed by atoms with Crippen molar-refractivity contribution < 1.29 is 18.0 Å². The molecule has 0 aliphatic heterocycles. The summed E-state index contributed by atoms with van der Waals surface area (Å²) in [5.41, 5.74) is 0.917. The molecule has 0 aromatic heterocycles. The molecule has 0 heterocycles. The second-order valence-electron chi connectivity index (χ2n) is 6.41. The zero-order chi connectivity index (χ0) is 21.0. The van der Waals surface area contributed by atoms with Crippen molar-refractivity contribution in [1.82, 2.24) is 10.0 Å². The minimum absolute atomic E-state index is 0.124. The van der Waals surface area contributed by atoms with E-state index >= 15 is 0 Å². The Morgan fingerprint density at radius 2 is 1.52 bits per heavy atom. The van der Waals surface area contributed by atoms with Crippen LogP contribution < -0.4 is 15.4 Å². The van der Waals surface area contributed by atoms with Crippen molar-refractivity contribution in [1.29, 1.82) is 0 Å². The maximum absolute atomic E-state index is 12.6. The molecule has 3 aromatic carbocycles. The van der Waals surface area contributed by atoms with Gasteiger partial charge in [0.1, 0.15) is 6.04 Å². The van der Waals surface area contributed by atoms with Gasteiger partial charge in [0, 0.05) is 22.0 Å². The van der Waals surface area contributed by atoms with Crippen LogP contribution in [-0.4, -0.2) is 33.3 Å². The Kier molecular flexibility index (Phi) is 5.95. The van der Waals surface area contributed by atoms with E-state index in [9.17, 15) is 18.0 Å². The number of nitrogens with one attached hydrogen (secondary N) is 3. The minimum Gasteiger partial charge on any atom is -0.341 e. The average Bonchev–Trinajstić information content (AvgIpc) is 2.74. The molecule has 3 aromatic rings. The van der Waals surface area contributed by atoms with Gasteiger partial charge in [-0.2, -0.15) is 0 Å². The fourth-order valence-corrected chi connectivity index (χ4v) is 3.86. The highest BCUT2D eigenvalue weighted by atomic mass is 32.2. The van der Waals surface area contributed by atoms with Crippen molar-refractivity contribution in [3.63, 3.8) is 0 Å². The lowest BCUT2D eigenvalue weighted by Crippen LogP contribution is -2.41. The summed E-state index contributed by atoms with van der Waals surface area (Å²) in [5, 5.41) is 6.49. The second kappa shape index (κ2) is 8.42. The Morgan fingerprint density at radius 3 is 2.21 bits per heavy atom. The lowest BCUT2D eigenvalue weighted by Gasteiger charge is -2.16. The molecule has 0 fully saturated rings. The maximum atomic E-state index is 12.6. The summed E-state index contributed by atoms with van der Waals surface area (Å²) < 4.78 is 26.8. The average molecular weight is 411 g/mol. The number of amides is 2. The number of carbonyl (C=O) groups is 2. The Bertz CT molecular complexity index is 1160. The smallest absolute Gasteiger partial charge is 0.251 e. The predicted octanol–water partition coefficient (Wildman–Crippen LogP) is 2.50. The highest BCUT2D eigenvalue weighted by molar-refractivity contribution is 7.89. The number of carbonyl (C=O) groups excluding carboxylic acids is 2. The van der Waals surface area contributed by atoms with Crippen molar-refractivity contribution in [2.75, 3.05) is 12.4 Å². The molecule has 1 atom stereocenters. The van der Waals surface area contributed by atoms with E-state index in [1.807, 2.05) is 0 Å². The Hall–Kier alpha value is -3.23. The van der Waals surface area contributed by atoms with Gasteiger partial charge in [0.2, 0.25) is 15.9 Å². The van der Waals surface area contributed by atoms with Crippen LogP contribution in [-0.2, 0) is 14.8 Å². The van der Waals surface area contributed by atoms with Crippen molar-refractivity contribution in [2.45, 2.75) is 17.9 Å². The highest BCUT2D eigenvalue weighted by Crippen LogP contribution is 2.28.